The maximum atomic E-state index is 5.58. The molecule has 0 saturated carbocycles. The minimum absolute atomic E-state index is 0.763. The molecule has 3 aliphatic heterocycles. The maximum Gasteiger partial charge on any atom is 0.142 e. The molecule has 0 bridgehead atoms. The summed E-state index contributed by atoms with van der Waals surface area (Å²) in [5.41, 5.74) is 2.69. The molecule has 2 aromatic carbocycles. The van der Waals surface area contributed by atoms with Crippen molar-refractivity contribution >= 4 is 5.69 Å². The molecule has 3 saturated heterocycles. The van der Waals surface area contributed by atoms with Crippen molar-refractivity contribution in [2.24, 2.45) is 0 Å². The molecule has 3 fully saturated rings. The van der Waals surface area contributed by atoms with Gasteiger partial charge in [-0.05, 0) is 69.6 Å². The van der Waals surface area contributed by atoms with Crippen LogP contribution in [0.2, 0.25) is 0 Å². The average molecular weight is 449 g/mol. The van der Waals surface area contributed by atoms with Crippen LogP contribution in [0.15, 0.2) is 54.6 Å². The van der Waals surface area contributed by atoms with E-state index in [1.54, 1.807) is 7.11 Å². The summed E-state index contributed by atoms with van der Waals surface area (Å²) in [5.74, 6) is 0.995. The van der Waals surface area contributed by atoms with Gasteiger partial charge in [-0.25, -0.2) is 0 Å². The first-order valence-electron chi connectivity index (χ1n) is 12.9. The first-order chi connectivity index (χ1) is 16.3. The Labute approximate surface area is 199 Å². The Morgan fingerprint density at radius 3 is 1.91 bits per heavy atom. The van der Waals surface area contributed by atoms with Gasteiger partial charge < -0.3 is 14.5 Å². The third kappa shape index (κ3) is 5.53. The molecule has 0 N–H and O–H groups in total. The zero-order valence-electron chi connectivity index (χ0n) is 20.2. The fourth-order valence-electron chi connectivity index (χ4n) is 6.12. The third-order valence-corrected chi connectivity index (χ3v) is 8.08. The largest absolute Gasteiger partial charge is 0.495 e. The second-order valence-corrected chi connectivity index (χ2v) is 9.95. The summed E-state index contributed by atoms with van der Waals surface area (Å²) in [6.45, 7) is 10.7. The summed E-state index contributed by atoms with van der Waals surface area (Å²) < 4.78 is 5.58. The highest BCUT2D eigenvalue weighted by molar-refractivity contribution is 5.58. The van der Waals surface area contributed by atoms with Crippen molar-refractivity contribution in [3.05, 3.63) is 60.2 Å². The summed E-state index contributed by atoms with van der Waals surface area (Å²) in [5, 5.41) is 0. The summed E-state index contributed by atoms with van der Waals surface area (Å²) in [6.07, 6.45) is 5.32. The van der Waals surface area contributed by atoms with Gasteiger partial charge in [0.25, 0.3) is 0 Å². The number of hydrogen-bond donors (Lipinski definition) is 0. The van der Waals surface area contributed by atoms with Crippen LogP contribution in [0.4, 0.5) is 5.69 Å². The van der Waals surface area contributed by atoms with E-state index in [9.17, 15) is 0 Å². The molecule has 5 heteroatoms. The minimum Gasteiger partial charge on any atom is -0.495 e. The lowest BCUT2D eigenvalue weighted by Crippen LogP contribution is -2.55. The second kappa shape index (κ2) is 10.9. The first-order valence-corrected chi connectivity index (χ1v) is 12.9. The van der Waals surface area contributed by atoms with E-state index in [4.69, 9.17) is 4.74 Å². The second-order valence-electron chi connectivity index (χ2n) is 9.95. The summed E-state index contributed by atoms with van der Waals surface area (Å²) in [4.78, 5) is 10.7. The summed E-state index contributed by atoms with van der Waals surface area (Å²) >= 11 is 0. The summed E-state index contributed by atoms with van der Waals surface area (Å²) in [6, 6.07) is 20.9. The molecular weight excluding hydrogens is 408 g/mol. The lowest BCUT2D eigenvalue weighted by atomic mass is 9.96. The van der Waals surface area contributed by atoms with Crippen molar-refractivity contribution in [3.8, 4) is 5.75 Å². The van der Waals surface area contributed by atoms with E-state index >= 15 is 0 Å². The molecule has 5 nitrogen and oxygen atoms in total. The van der Waals surface area contributed by atoms with Crippen LogP contribution >= 0.6 is 0 Å². The molecule has 2 aromatic rings. The Bertz CT molecular complexity index is 851. The number of para-hydroxylation sites is 2. The number of likely N-dealkylation sites (tertiary alicyclic amines) is 2. The molecule has 3 aliphatic rings. The van der Waals surface area contributed by atoms with E-state index in [0.29, 0.717) is 0 Å². The monoisotopic (exact) mass is 448 g/mol. The average Bonchev–Trinajstić information content (AvgIpc) is 2.90. The van der Waals surface area contributed by atoms with Gasteiger partial charge in [-0.15, -0.1) is 0 Å². The molecule has 5 rings (SSSR count). The van der Waals surface area contributed by atoms with Gasteiger partial charge in [0.05, 0.1) is 12.8 Å². The molecule has 0 unspecified atom stereocenters. The predicted molar refractivity (Wildman–Crippen MR) is 136 cm³/mol. The Morgan fingerprint density at radius 1 is 0.667 bits per heavy atom. The Balaban J connectivity index is 1.04. The standard InChI is InChI=1S/C28H40N4O/c1-33-28-10-6-5-9-27(28)32-21-19-31(20-22-32)26-13-17-30(18-14-26)25-11-15-29(16-12-25)23-24-7-3-2-4-8-24/h2-10,25-26H,11-23H2,1H3. The van der Waals surface area contributed by atoms with Crippen LogP contribution in [0.1, 0.15) is 31.2 Å². The lowest BCUT2D eigenvalue weighted by Gasteiger charge is -2.46. The van der Waals surface area contributed by atoms with E-state index in [1.165, 1.54) is 76.2 Å². The quantitative estimate of drug-likeness (QED) is 0.666. The number of piperazine rings is 1. The number of piperidine rings is 2. The van der Waals surface area contributed by atoms with Gasteiger partial charge in [0.1, 0.15) is 5.75 Å². The van der Waals surface area contributed by atoms with Gasteiger partial charge in [-0.1, -0.05) is 42.5 Å². The zero-order valence-corrected chi connectivity index (χ0v) is 20.2. The number of methoxy groups -OCH3 is 1. The number of nitrogens with zero attached hydrogens (tertiary/aromatic N) is 4. The minimum atomic E-state index is 0.763. The van der Waals surface area contributed by atoms with Gasteiger partial charge in [0.2, 0.25) is 0 Å². The molecule has 0 radical (unpaired) electrons. The molecule has 0 atom stereocenters. The van der Waals surface area contributed by atoms with Gasteiger partial charge in [0.15, 0.2) is 0 Å². The highest BCUT2D eigenvalue weighted by Crippen LogP contribution is 2.30. The Morgan fingerprint density at radius 2 is 1.24 bits per heavy atom. The summed E-state index contributed by atoms with van der Waals surface area (Å²) in [7, 11) is 1.77. The van der Waals surface area contributed by atoms with Crippen molar-refractivity contribution < 1.29 is 4.74 Å². The number of hydrogen-bond acceptors (Lipinski definition) is 5. The first kappa shape index (κ1) is 22.7. The topological polar surface area (TPSA) is 22.2 Å². The van der Waals surface area contributed by atoms with E-state index < -0.39 is 0 Å². The van der Waals surface area contributed by atoms with Crippen molar-refractivity contribution in [1.29, 1.82) is 0 Å². The number of ether oxygens (including phenoxy) is 1. The molecule has 0 amide bonds. The fraction of sp³-hybridized carbons (Fsp3) is 0.571. The van der Waals surface area contributed by atoms with Crippen molar-refractivity contribution in [3.63, 3.8) is 0 Å². The highest BCUT2D eigenvalue weighted by Gasteiger charge is 2.31. The maximum absolute atomic E-state index is 5.58. The lowest BCUT2D eigenvalue weighted by molar-refractivity contribution is 0.0514. The van der Waals surface area contributed by atoms with E-state index in [-0.39, 0.29) is 0 Å². The third-order valence-electron chi connectivity index (χ3n) is 8.08. The molecule has 0 spiro atoms. The number of anilines is 1. The van der Waals surface area contributed by atoms with Crippen molar-refractivity contribution in [2.45, 2.75) is 44.3 Å². The van der Waals surface area contributed by atoms with Crippen LogP contribution in [-0.2, 0) is 6.54 Å². The van der Waals surface area contributed by atoms with E-state index in [1.807, 2.05) is 0 Å². The molecular formula is C28H40N4O. The molecule has 0 aromatic heterocycles. The SMILES string of the molecule is COc1ccccc1N1CCN(C2CCN(C3CCN(Cc4ccccc4)CC3)CC2)CC1. The predicted octanol–water partition coefficient (Wildman–Crippen LogP) is 3.95. The zero-order chi connectivity index (χ0) is 22.5. The van der Waals surface area contributed by atoms with Crippen LogP contribution < -0.4 is 9.64 Å². The van der Waals surface area contributed by atoms with Crippen molar-refractivity contribution in [2.75, 3.05) is 64.4 Å². The van der Waals surface area contributed by atoms with Gasteiger partial charge >= 0.3 is 0 Å². The van der Waals surface area contributed by atoms with Crippen LogP contribution in [0.3, 0.4) is 0 Å². The van der Waals surface area contributed by atoms with Crippen LogP contribution in [0.5, 0.6) is 5.75 Å². The number of rotatable bonds is 6. The van der Waals surface area contributed by atoms with Crippen LogP contribution in [-0.4, -0.2) is 86.3 Å². The van der Waals surface area contributed by atoms with Crippen LogP contribution in [0.25, 0.3) is 0 Å². The van der Waals surface area contributed by atoms with Crippen molar-refractivity contribution in [1.82, 2.24) is 14.7 Å². The fourth-order valence-corrected chi connectivity index (χ4v) is 6.12. The molecule has 33 heavy (non-hydrogen) atoms. The number of benzene rings is 2. The van der Waals surface area contributed by atoms with Gasteiger partial charge in [-0.3, -0.25) is 9.80 Å². The smallest absolute Gasteiger partial charge is 0.142 e. The molecule has 0 aliphatic carbocycles. The van der Waals surface area contributed by atoms with Gasteiger partial charge in [-0.2, -0.15) is 0 Å². The van der Waals surface area contributed by atoms with Gasteiger partial charge in [0, 0.05) is 44.8 Å². The molecule has 3 heterocycles. The molecule has 178 valence electrons. The normalized spacial score (nSPS) is 22.5. The Hall–Kier alpha value is -2.08. The Kier molecular flexibility index (Phi) is 7.50. The van der Waals surface area contributed by atoms with Crippen LogP contribution in [0, 0.1) is 0 Å². The van der Waals surface area contributed by atoms with E-state index in [0.717, 1.165) is 37.5 Å². The van der Waals surface area contributed by atoms with E-state index in [2.05, 4.69) is 74.2 Å². The highest BCUT2D eigenvalue weighted by atomic mass is 16.5.